The van der Waals surface area contributed by atoms with Crippen LogP contribution in [0, 0.1) is 0 Å². The maximum absolute atomic E-state index is 12.4. The molecule has 1 unspecified atom stereocenters. The molecule has 2 N–H and O–H groups in total. The van der Waals surface area contributed by atoms with Gasteiger partial charge in [-0.3, -0.25) is 19.6 Å². The maximum Gasteiger partial charge on any atom is 0.240 e. The highest BCUT2D eigenvalue weighted by molar-refractivity contribution is 8.15. The number of hydrogen-bond donors (Lipinski definition) is 2. The van der Waals surface area contributed by atoms with Crippen LogP contribution >= 0.6 is 11.8 Å². The molecule has 1 atom stereocenters. The fourth-order valence-corrected chi connectivity index (χ4v) is 4.35. The van der Waals surface area contributed by atoms with E-state index in [2.05, 4.69) is 25.5 Å². The number of thioether (sulfide) groups is 1. The highest BCUT2D eigenvalue weighted by Crippen LogP contribution is 2.25. The normalized spacial score (nSPS) is 20.1. The summed E-state index contributed by atoms with van der Waals surface area (Å²) in [6, 6.07) is 11.7. The van der Waals surface area contributed by atoms with Crippen LogP contribution in [-0.4, -0.2) is 40.3 Å². The molecule has 1 aromatic carbocycles. The van der Waals surface area contributed by atoms with Gasteiger partial charge in [0.1, 0.15) is 5.25 Å². The summed E-state index contributed by atoms with van der Waals surface area (Å²) in [6.45, 7) is 2.62. The molecular formula is C21H23N5O2S. The van der Waals surface area contributed by atoms with Crippen molar-refractivity contribution in [2.24, 2.45) is 4.99 Å². The lowest BCUT2D eigenvalue weighted by molar-refractivity contribution is -0.122. The molecule has 0 spiro atoms. The summed E-state index contributed by atoms with van der Waals surface area (Å²) in [6.07, 6.45) is 6.01. The summed E-state index contributed by atoms with van der Waals surface area (Å²) in [5.41, 5.74) is 2.89. The molecule has 2 aliphatic rings. The molecular weight excluding hydrogens is 386 g/mol. The molecule has 7 nitrogen and oxygen atoms in total. The van der Waals surface area contributed by atoms with Gasteiger partial charge in [0.05, 0.1) is 6.54 Å². The number of rotatable bonds is 6. The predicted molar refractivity (Wildman–Crippen MR) is 116 cm³/mol. The quantitative estimate of drug-likeness (QED) is 0.766. The highest BCUT2D eigenvalue weighted by Gasteiger charge is 2.32. The van der Waals surface area contributed by atoms with Gasteiger partial charge in [0.15, 0.2) is 5.17 Å². The summed E-state index contributed by atoms with van der Waals surface area (Å²) in [7, 11) is 0. The zero-order chi connectivity index (χ0) is 20.1. The first kappa shape index (κ1) is 19.4. The second-order valence-corrected chi connectivity index (χ2v) is 8.26. The molecule has 2 fully saturated rings. The Kier molecular flexibility index (Phi) is 6.09. The Morgan fingerprint density at radius 3 is 2.76 bits per heavy atom. The first-order chi connectivity index (χ1) is 14.2. The number of nitrogens with zero attached hydrogens (tertiary/aromatic N) is 3. The topological polar surface area (TPSA) is 86.7 Å². The lowest BCUT2D eigenvalue weighted by atomic mass is 10.2. The van der Waals surface area contributed by atoms with Gasteiger partial charge in [0.2, 0.25) is 11.8 Å². The van der Waals surface area contributed by atoms with E-state index in [-0.39, 0.29) is 18.2 Å². The Labute approximate surface area is 174 Å². The number of amidine groups is 1. The Hall–Kier alpha value is -2.87. The molecule has 0 radical (unpaired) electrons. The van der Waals surface area contributed by atoms with Crippen LogP contribution in [-0.2, 0) is 16.1 Å². The predicted octanol–water partition coefficient (Wildman–Crippen LogP) is 2.80. The van der Waals surface area contributed by atoms with Crippen LogP contribution in [0.2, 0.25) is 0 Å². The van der Waals surface area contributed by atoms with Gasteiger partial charge in [-0.05, 0) is 48.7 Å². The van der Waals surface area contributed by atoms with Crippen LogP contribution in [0.4, 0.5) is 11.4 Å². The summed E-state index contributed by atoms with van der Waals surface area (Å²) in [5.74, 6) is -0.362. The van der Waals surface area contributed by atoms with Crippen molar-refractivity contribution in [1.29, 1.82) is 0 Å². The van der Waals surface area contributed by atoms with Crippen molar-refractivity contribution < 1.29 is 9.59 Å². The van der Waals surface area contributed by atoms with Crippen LogP contribution in [0.1, 0.15) is 24.8 Å². The molecule has 1 aromatic heterocycles. The van der Waals surface area contributed by atoms with Gasteiger partial charge < -0.3 is 15.5 Å². The largest absolute Gasteiger partial charge is 0.372 e. The lowest BCUT2D eigenvalue weighted by Crippen LogP contribution is -2.28. The number of anilines is 2. The number of nitrogens with one attached hydrogen (secondary N) is 2. The third-order valence-electron chi connectivity index (χ3n) is 4.90. The molecule has 0 aliphatic carbocycles. The first-order valence-electron chi connectivity index (χ1n) is 9.73. The number of aromatic nitrogens is 1. The minimum absolute atomic E-state index is 0.107. The highest BCUT2D eigenvalue weighted by atomic mass is 32.2. The van der Waals surface area contributed by atoms with Crippen molar-refractivity contribution in [1.82, 2.24) is 10.3 Å². The molecule has 2 saturated heterocycles. The van der Waals surface area contributed by atoms with E-state index < -0.39 is 5.25 Å². The van der Waals surface area contributed by atoms with Gasteiger partial charge in [-0.15, -0.1) is 0 Å². The zero-order valence-corrected chi connectivity index (χ0v) is 16.8. The summed E-state index contributed by atoms with van der Waals surface area (Å²) in [5, 5.41) is 5.71. The molecule has 29 heavy (non-hydrogen) atoms. The Morgan fingerprint density at radius 1 is 1.24 bits per heavy atom. The fourth-order valence-electron chi connectivity index (χ4n) is 3.38. The van der Waals surface area contributed by atoms with Gasteiger partial charge in [-0.25, -0.2) is 0 Å². The van der Waals surface area contributed by atoms with Crippen LogP contribution < -0.4 is 15.5 Å². The van der Waals surface area contributed by atoms with Crippen molar-refractivity contribution in [2.45, 2.75) is 31.1 Å². The van der Waals surface area contributed by atoms with Gasteiger partial charge in [-0.1, -0.05) is 17.8 Å². The summed E-state index contributed by atoms with van der Waals surface area (Å²) < 4.78 is 0. The molecule has 3 heterocycles. The smallest absolute Gasteiger partial charge is 0.240 e. The first-order valence-corrected chi connectivity index (χ1v) is 10.6. The number of carbonyl (C=O) groups excluding carboxylic acids is 2. The van der Waals surface area contributed by atoms with Crippen molar-refractivity contribution in [3.8, 4) is 0 Å². The van der Waals surface area contributed by atoms with E-state index in [0.29, 0.717) is 11.7 Å². The zero-order valence-electron chi connectivity index (χ0n) is 16.0. The second kappa shape index (κ2) is 9.09. The molecule has 150 valence electrons. The minimum atomic E-state index is -0.466. The molecule has 2 amide bonds. The molecule has 0 saturated carbocycles. The molecule has 2 aliphatic heterocycles. The minimum Gasteiger partial charge on any atom is -0.372 e. The average Bonchev–Trinajstić information content (AvgIpc) is 3.38. The SMILES string of the molecule is O=C(CC1SC(=NCc2cccnc2)NC1=O)Nc1ccc(N2CCCC2)cc1. The Morgan fingerprint density at radius 2 is 2.03 bits per heavy atom. The second-order valence-electron chi connectivity index (χ2n) is 7.07. The Balaban J connectivity index is 1.28. The maximum atomic E-state index is 12.4. The van der Waals surface area contributed by atoms with E-state index in [1.807, 2.05) is 36.4 Å². The van der Waals surface area contributed by atoms with Crippen molar-refractivity contribution in [2.75, 3.05) is 23.3 Å². The summed E-state index contributed by atoms with van der Waals surface area (Å²) >= 11 is 1.30. The number of benzene rings is 1. The van der Waals surface area contributed by atoms with Crippen molar-refractivity contribution in [3.05, 3.63) is 54.4 Å². The van der Waals surface area contributed by atoms with Gasteiger partial charge in [0, 0.05) is 43.3 Å². The van der Waals surface area contributed by atoms with Crippen molar-refractivity contribution >= 4 is 40.1 Å². The van der Waals surface area contributed by atoms with E-state index >= 15 is 0 Å². The lowest BCUT2D eigenvalue weighted by Gasteiger charge is -2.17. The van der Waals surface area contributed by atoms with E-state index in [9.17, 15) is 9.59 Å². The summed E-state index contributed by atoms with van der Waals surface area (Å²) in [4.78, 5) is 35.3. The van der Waals surface area contributed by atoms with Crippen LogP contribution in [0.5, 0.6) is 0 Å². The molecule has 4 rings (SSSR count). The number of carbonyl (C=O) groups is 2. The van der Waals surface area contributed by atoms with E-state index in [4.69, 9.17) is 0 Å². The van der Waals surface area contributed by atoms with E-state index in [0.717, 1.165) is 24.3 Å². The van der Waals surface area contributed by atoms with Gasteiger partial charge in [0.25, 0.3) is 0 Å². The van der Waals surface area contributed by atoms with Crippen LogP contribution in [0.15, 0.2) is 53.8 Å². The number of aliphatic imine (C=N–C) groups is 1. The third kappa shape index (κ3) is 5.14. The molecule has 8 heteroatoms. The van der Waals surface area contributed by atoms with Gasteiger partial charge in [-0.2, -0.15) is 0 Å². The standard InChI is InChI=1S/C21H23N5O2S/c27-19(24-16-5-7-17(8-6-16)26-10-1-2-11-26)12-18-20(28)25-21(29-18)23-14-15-4-3-9-22-13-15/h3-9,13,18H,1-2,10-12,14H2,(H,24,27)(H,23,25,28). The van der Waals surface area contributed by atoms with E-state index in [1.165, 1.54) is 30.3 Å². The van der Waals surface area contributed by atoms with Gasteiger partial charge >= 0.3 is 0 Å². The molecule has 2 aromatic rings. The van der Waals surface area contributed by atoms with Crippen LogP contribution in [0.25, 0.3) is 0 Å². The monoisotopic (exact) mass is 409 g/mol. The third-order valence-corrected chi connectivity index (χ3v) is 6.02. The Bertz CT molecular complexity index is 895. The molecule has 0 bridgehead atoms. The van der Waals surface area contributed by atoms with E-state index in [1.54, 1.807) is 12.4 Å². The number of amides is 2. The van der Waals surface area contributed by atoms with Crippen LogP contribution in [0.3, 0.4) is 0 Å². The average molecular weight is 410 g/mol. The number of hydrogen-bond acceptors (Lipinski definition) is 6. The number of pyridine rings is 1. The fraction of sp³-hybridized carbons (Fsp3) is 0.333. The van der Waals surface area contributed by atoms with Crippen molar-refractivity contribution in [3.63, 3.8) is 0 Å².